The van der Waals surface area contributed by atoms with E-state index in [1.807, 2.05) is 24.3 Å². The van der Waals surface area contributed by atoms with Crippen molar-refractivity contribution in [3.63, 3.8) is 0 Å². The lowest BCUT2D eigenvalue weighted by atomic mass is 10.0. The van der Waals surface area contributed by atoms with Gasteiger partial charge in [0.2, 0.25) is 0 Å². The highest BCUT2D eigenvalue weighted by molar-refractivity contribution is 5.29. The Morgan fingerprint density at radius 3 is 2.19 bits per heavy atom. The normalized spacial score (nSPS) is 12.3. The fourth-order valence-corrected chi connectivity index (χ4v) is 2.66. The molecule has 120 valence electrons. The molecule has 0 aliphatic heterocycles. The molecule has 0 fully saturated rings. The highest BCUT2D eigenvalue weighted by Crippen LogP contribution is 2.23. The first kappa shape index (κ1) is 18.0. The number of unbranched alkanes of at least 4 members (excludes halogenated alkanes) is 8. The van der Waals surface area contributed by atoms with E-state index in [4.69, 9.17) is 4.74 Å². The summed E-state index contributed by atoms with van der Waals surface area (Å²) in [5.41, 5.74) is 0.967. The molecule has 0 saturated heterocycles. The lowest BCUT2D eigenvalue weighted by Gasteiger charge is -2.12. The van der Waals surface area contributed by atoms with Gasteiger partial charge in [0.15, 0.2) is 0 Å². The van der Waals surface area contributed by atoms with Crippen molar-refractivity contribution in [1.29, 1.82) is 0 Å². The largest absolute Gasteiger partial charge is 0.497 e. The maximum Gasteiger partial charge on any atom is 0.119 e. The van der Waals surface area contributed by atoms with Gasteiger partial charge in [0.05, 0.1) is 13.2 Å². The van der Waals surface area contributed by atoms with Gasteiger partial charge in [0.1, 0.15) is 5.75 Å². The van der Waals surface area contributed by atoms with Gasteiger partial charge in [-0.05, 0) is 24.1 Å². The highest BCUT2D eigenvalue weighted by atomic mass is 16.5. The molecule has 1 unspecified atom stereocenters. The third-order valence-electron chi connectivity index (χ3n) is 4.06. The topological polar surface area (TPSA) is 29.5 Å². The van der Waals surface area contributed by atoms with E-state index >= 15 is 0 Å². The number of rotatable bonds is 12. The molecular weight excluding hydrogens is 260 g/mol. The van der Waals surface area contributed by atoms with Crippen LogP contribution < -0.4 is 4.74 Å². The van der Waals surface area contributed by atoms with Crippen LogP contribution in [0.5, 0.6) is 5.75 Å². The van der Waals surface area contributed by atoms with Crippen molar-refractivity contribution in [2.75, 3.05) is 7.11 Å². The summed E-state index contributed by atoms with van der Waals surface area (Å²) in [6, 6.07) is 7.75. The zero-order chi connectivity index (χ0) is 15.3. The zero-order valence-electron chi connectivity index (χ0n) is 13.8. The molecule has 1 rings (SSSR count). The molecule has 0 spiro atoms. The smallest absolute Gasteiger partial charge is 0.119 e. The van der Waals surface area contributed by atoms with Crippen LogP contribution in [-0.2, 0) is 0 Å². The first-order chi connectivity index (χ1) is 10.3. The molecule has 0 aliphatic carbocycles. The summed E-state index contributed by atoms with van der Waals surface area (Å²) in [7, 11) is 1.66. The van der Waals surface area contributed by atoms with Gasteiger partial charge in [-0.1, -0.05) is 76.8 Å². The van der Waals surface area contributed by atoms with Gasteiger partial charge in [0, 0.05) is 0 Å². The Bertz CT molecular complexity index is 362. The summed E-state index contributed by atoms with van der Waals surface area (Å²) < 4.78 is 5.19. The zero-order valence-corrected chi connectivity index (χ0v) is 13.8. The van der Waals surface area contributed by atoms with Crippen LogP contribution in [0, 0.1) is 0 Å². The van der Waals surface area contributed by atoms with Crippen LogP contribution in [0.15, 0.2) is 24.3 Å². The first-order valence-corrected chi connectivity index (χ1v) is 8.60. The molecule has 1 N–H and O–H groups in total. The summed E-state index contributed by atoms with van der Waals surface area (Å²) in [6.45, 7) is 2.26. The molecule has 21 heavy (non-hydrogen) atoms. The van der Waals surface area contributed by atoms with Gasteiger partial charge in [-0.2, -0.15) is 0 Å². The summed E-state index contributed by atoms with van der Waals surface area (Å²) >= 11 is 0. The third kappa shape index (κ3) is 8.11. The van der Waals surface area contributed by atoms with Crippen molar-refractivity contribution in [2.24, 2.45) is 0 Å². The average molecular weight is 292 g/mol. The van der Waals surface area contributed by atoms with Crippen molar-refractivity contribution in [3.8, 4) is 5.75 Å². The molecule has 0 aromatic heterocycles. The number of methoxy groups -OCH3 is 1. The van der Waals surface area contributed by atoms with Crippen LogP contribution in [0.25, 0.3) is 0 Å². The Labute approximate surface area is 130 Å². The second kappa shape index (κ2) is 11.6. The number of aliphatic hydroxyl groups is 1. The molecule has 1 aromatic carbocycles. The lowest BCUT2D eigenvalue weighted by molar-refractivity contribution is 0.163. The van der Waals surface area contributed by atoms with Gasteiger partial charge in [-0.25, -0.2) is 0 Å². The summed E-state index contributed by atoms with van der Waals surface area (Å²) in [5, 5.41) is 10.2. The standard InChI is InChI=1S/C19H32O2/c1-3-4-5-6-7-8-9-10-11-15-19(20)17-13-12-14-18(16-17)21-2/h12-14,16,19-20H,3-11,15H2,1-2H3. The predicted molar refractivity (Wildman–Crippen MR) is 89.8 cm³/mol. The minimum atomic E-state index is -0.357. The van der Waals surface area contributed by atoms with Crippen LogP contribution in [0.3, 0.4) is 0 Å². The number of aliphatic hydroxyl groups excluding tert-OH is 1. The Kier molecular flexibility index (Phi) is 9.98. The first-order valence-electron chi connectivity index (χ1n) is 8.60. The second-order valence-corrected chi connectivity index (χ2v) is 5.91. The lowest BCUT2D eigenvalue weighted by Crippen LogP contribution is -1.98. The van der Waals surface area contributed by atoms with Crippen LogP contribution in [0.2, 0.25) is 0 Å². The van der Waals surface area contributed by atoms with Crippen molar-refractivity contribution >= 4 is 0 Å². The SMILES string of the molecule is CCCCCCCCCCCC(O)c1cccc(OC)c1. The van der Waals surface area contributed by atoms with Crippen LogP contribution in [-0.4, -0.2) is 12.2 Å². The Morgan fingerprint density at radius 2 is 1.57 bits per heavy atom. The monoisotopic (exact) mass is 292 g/mol. The minimum Gasteiger partial charge on any atom is -0.497 e. The predicted octanol–water partition coefficient (Wildman–Crippen LogP) is 5.65. The van der Waals surface area contributed by atoms with E-state index in [-0.39, 0.29) is 6.10 Å². The van der Waals surface area contributed by atoms with Gasteiger partial charge in [-0.15, -0.1) is 0 Å². The van der Waals surface area contributed by atoms with Crippen molar-refractivity contribution in [1.82, 2.24) is 0 Å². The van der Waals surface area contributed by atoms with Gasteiger partial charge in [-0.3, -0.25) is 0 Å². The van der Waals surface area contributed by atoms with E-state index in [1.54, 1.807) is 7.11 Å². The number of hydrogen-bond donors (Lipinski definition) is 1. The maximum absolute atomic E-state index is 10.2. The Morgan fingerprint density at radius 1 is 0.952 bits per heavy atom. The molecule has 0 radical (unpaired) electrons. The van der Waals surface area contributed by atoms with E-state index in [9.17, 15) is 5.11 Å². The highest BCUT2D eigenvalue weighted by Gasteiger charge is 2.07. The van der Waals surface area contributed by atoms with E-state index in [2.05, 4.69) is 6.92 Å². The molecule has 0 heterocycles. The molecule has 0 saturated carbocycles. The van der Waals surface area contributed by atoms with E-state index in [0.717, 1.165) is 24.2 Å². The van der Waals surface area contributed by atoms with E-state index in [0.29, 0.717) is 0 Å². The van der Waals surface area contributed by atoms with Gasteiger partial charge >= 0.3 is 0 Å². The van der Waals surface area contributed by atoms with E-state index < -0.39 is 0 Å². The molecular formula is C19H32O2. The molecule has 1 atom stereocenters. The Balaban J connectivity index is 2.06. The molecule has 0 aliphatic rings. The van der Waals surface area contributed by atoms with Crippen molar-refractivity contribution in [3.05, 3.63) is 29.8 Å². The van der Waals surface area contributed by atoms with Crippen LogP contribution in [0.1, 0.15) is 82.8 Å². The molecule has 1 aromatic rings. The summed E-state index contributed by atoms with van der Waals surface area (Å²) in [5.74, 6) is 0.818. The molecule has 2 nitrogen and oxygen atoms in total. The van der Waals surface area contributed by atoms with Gasteiger partial charge < -0.3 is 9.84 Å². The van der Waals surface area contributed by atoms with Crippen molar-refractivity contribution < 1.29 is 9.84 Å². The molecule has 2 heteroatoms. The summed E-state index contributed by atoms with van der Waals surface area (Å²) in [4.78, 5) is 0. The average Bonchev–Trinajstić information content (AvgIpc) is 2.53. The quantitative estimate of drug-likeness (QED) is 0.504. The number of ether oxygens (including phenoxy) is 1. The summed E-state index contributed by atoms with van der Waals surface area (Å²) in [6.07, 6.45) is 12.3. The second-order valence-electron chi connectivity index (χ2n) is 5.91. The fourth-order valence-electron chi connectivity index (χ4n) is 2.66. The number of benzene rings is 1. The minimum absolute atomic E-state index is 0.357. The molecule has 0 bridgehead atoms. The van der Waals surface area contributed by atoms with Gasteiger partial charge in [0.25, 0.3) is 0 Å². The van der Waals surface area contributed by atoms with Crippen LogP contribution in [0.4, 0.5) is 0 Å². The van der Waals surface area contributed by atoms with Crippen molar-refractivity contribution in [2.45, 2.75) is 77.2 Å². The van der Waals surface area contributed by atoms with Crippen LogP contribution >= 0.6 is 0 Å². The fraction of sp³-hybridized carbons (Fsp3) is 0.684. The molecule has 0 amide bonds. The number of hydrogen-bond acceptors (Lipinski definition) is 2. The maximum atomic E-state index is 10.2. The van der Waals surface area contributed by atoms with E-state index in [1.165, 1.54) is 51.4 Å². The Hall–Kier alpha value is -1.02. The third-order valence-corrected chi connectivity index (χ3v) is 4.06.